The van der Waals surface area contributed by atoms with Crippen molar-refractivity contribution in [3.05, 3.63) is 0 Å². The van der Waals surface area contributed by atoms with Gasteiger partial charge < -0.3 is 5.73 Å². The molecule has 1 atom stereocenters. The van der Waals surface area contributed by atoms with Gasteiger partial charge in [-0.2, -0.15) is 21.0 Å². The standard InChI is InChI=1S/C3H9NO4S2/c1-3(4,2-9)8-10(5,6)7/h9H,2,4H2,1H3,(H,5,6,7). The van der Waals surface area contributed by atoms with Gasteiger partial charge in [0.2, 0.25) is 0 Å². The number of hydrogen-bond donors (Lipinski definition) is 3. The first-order valence-electron chi connectivity index (χ1n) is 2.35. The van der Waals surface area contributed by atoms with Gasteiger partial charge in [0.05, 0.1) is 0 Å². The van der Waals surface area contributed by atoms with Crippen molar-refractivity contribution >= 4 is 23.0 Å². The van der Waals surface area contributed by atoms with Crippen LogP contribution >= 0.6 is 12.6 Å². The van der Waals surface area contributed by atoms with Crippen LogP contribution in [0.4, 0.5) is 0 Å². The highest BCUT2D eigenvalue weighted by Crippen LogP contribution is 2.06. The van der Waals surface area contributed by atoms with E-state index in [9.17, 15) is 8.42 Å². The van der Waals surface area contributed by atoms with Crippen LogP contribution in [0.1, 0.15) is 6.92 Å². The summed E-state index contributed by atoms with van der Waals surface area (Å²) in [5.74, 6) is -0.00715. The van der Waals surface area contributed by atoms with Crippen LogP contribution in [0.2, 0.25) is 0 Å². The molecule has 0 aliphatic heterocycles. The SMILES string of the molecule is CC(N)(CS)OS(=O)(=O)O. The fourth-order valence-electron chi connectivity index (χ4n) is 0.267. The molecule has 0 aliphatic rings. The summed E-state index contributed by atoms with van der Waals surface area (Å²) in [6.07, 6.45) is 0. The van der Waals surface area contributed by atoms with Gasteiger partial charge in [-0.05, 0) is 6.92 Å². The van der Waals surface area contributed by atoms with Crippen molar-refractivity contribution in [2.45, 2.75) is 12.6 Å². The summed E-state index contributed by atoms with van der Waals surface area (Å²) in [4.78, 5) is 0. The molecule has 0 spiro atoms. The molecule has 0 saturated carbocycles. The highest BCUT2D eigenvalue weighted by molar-refractivity contribution is 7.81. The fraction of sp³-hybridized carbons (Fsp3) is 1.00. The van der Waals surface area contributed by atoms with Gasteiger partial charge in [0, 0.05) is 5.75 Å². The highest BCUT2D eigenvalue weighted by Gasteiger charge is 2.23. The van der Waals surface area contributed by atoms with Gasteiger partial charge in [-0.15, -0.1) is 0 Å². The quantitative estimate of drug-likeness (QED) is 0.312. The zero-order chi connectivity index (χ0) is 8.41. The van der Waals surface area contributed by atoms with Crippen LogP contribution < -0.4 is 5.73 Å². The molecule has 0 radical (unpaired) electrons. The second-order valence-corrected chi connectivity index (χ2v) is 3.32. The Morgan fingerprint density at radius 2 is 2.20 bits per heavy atom. The van der Waals surface area contributed by atoms with Gasteiger partial charge >= 0.3 is 10.4 Å². The summed E-state index contributed by atoms with van der Waals surface area (Å²) in [6.45, 7) is 1.29. The Kier molecular flexibility index (Phi) is 3.11. The number of nitrogens with two attached hydrogens (primary N) is 1. The smallest absolute Gasteiger partial charge is 0.302 e. The Morgan fingerprint density at radius 1 is 1.80 bits per heavy atom. The first-order valence-corrected chi connectivity index (χ1v) is 4.34. The molecule has 0 amide bonds. The van der Waals surface area contributed by atoms with Crippen LogP contribution in [0.25, 0.3) is 0 Å². The van der Waals surface area contributed by atoms with E-state index in [2.05, 4.69) is 16.8 Å². The zero-order valence-corrected chi connectivity index (χ0v) is 7.02. The lowest BCUT2D eigenvalue weighted by atomic mass is 10.3. The van der Waals surface area contributed by atoms with Crippen molar-refractivity contribution in [1.82, 2.24) is 0 Å². The molecule has 0 rings (SSSR count). The third-order valence-electron chi connectivity index (χ3n) is 0.610. The average molecular weight is 187 g/mol. The second-order valence-electron chi connectivity index (χ2n) is 1.98. The lowest BCUT2D eigenvalue weighted by Crippen LogP contribution is -2.42. The molecule has 0 bridgehead atoms. The largest absolute Gasteiger partial charge is 0.399 e. The minimum absolute atomic E-state index is 0.00715. The summed E-state index contributed by atoms with van der Waals surface area (Å²) in [5.41, 5.74) is 3.72. The lowest BCUT2D eigenvalue weighted by molar-refractivity contribution is 0.112. The predicted octanol–water partition coefficient (Wildman–Crippen LogP) is -0.589. The molecule has 3 N–H and O–H groups in total. The predicted molar refractivity (Wildman–Crippen MR) is 39.1 cm³/mol. The Balaban J connectivity index is 4.16. The molecule has 62 valence electrons. The van der Waals surface area contributed by atoms with Gasteiger partial charge in [-0.1, -0.05) is 0 Å². The van der Waals surface area contributed by atoms with E-state index >= 15 is 0 Å². The van der Waals surface area contributed by atoms with E-state index < -0.39 is 16.1 Å². The molecule has 10 heavy (non-hydrogen) atoms. The molecular formula is C3H9NO4S2. The minimum atomic E-state index is -4.47. The summed E-state index contributed by atoms with van der Waals surface area (Å²) < 4.78 is 32.2. The molecule has 0 saturated heterocycles. The molecule has 0 aromatic heterocycles. The van der Waals surface area contributed by atoms with Crippen LogP contribution in [0.5, 0.6) is 0 Å². The van der Waals surface area contributed by atoms with E-state index in [1.165, 1.54) is 6.92 Å². The first-order chi connectivity index (χ1) is 4.27. The second kappa shape index (κ2) is 3.05. The summed E-state index contributed by atoms with van der Waals surface area (Å²) in [7, 11) is -4.47. The Bertz CT molecular complexity index is 197. The van der Waals surface area contributed by atoms with Crippen LogP contribution in [0, 0.1) is 0 Å². The molecular weight excluding hydrogens is 178 g/mol. The molecule has 0 aromatic carbocycles. The highest BCUT2D eigenvalue weighted by atomic mass is 32.3. The van der Waals surface area contributed by atoms with Crippen molar-refractivity contribution in [3.8, 4) is 0 Å². The monoisotopic (exact) mass is 187 g/mol. The Labute approximate surface area is 64.9 Å². The molecule has 0 aliphatic carbocycles. The van der Waals surface area contributed by atoms with Crippen molar-refractivity contribution in [3.63, 3.8) is 0 Å². The van der Waals surface area contributed by atoms with Gasteiger partial charge in [-0.3, -0.25) is 4.55 Å². The van der Waals surface area contributed by atoms with Gasteiger partial charge in [0.15, 0.2) is 0 Å². The van der Waals surface area contributed by atoms with Crippen molar-refractivity contribution < 1.29 is 17.2 Å². The maximum absolute atomic E-state index is 10.0. The van der Waals surface area contributed by atoms with Crippen LogP contribution in [0.15, 0.2) is 0 Å². The van der Waals surface area contributed by atoms with E-state index in [-0.39, 0.29) is 5.75 Å². The summed E-state index contributed by atoms with van der Waals surface area (Å²) in [6, 6.07) is 0. The average Bonchev–Trinajstić information content (AvgIpc) is 1.60. The van der Waals surface area contributed by atoms with Crippen LogP contribution in [0.3, 0.4) is 0 Å². The number of thiol groups is 1. The topological polar surface area (TPSA) is 89.6 Å². The molecule has 7 heteroatoms. The summed E-state index contributed by atoms with van der Waals surface area (Å²) >= 11 is 3.69. The van der Waals surface area contributed by atoms with Gasteiger partial charge in [0.25, 0.3) is 0 Å². The zero-order valence-electron chi connectivity index (χ0n) is 5.31. The van der Waals surface area contributed by atoms with Crippen molar-refractivity contribution in [1.29, 1.82) is 0 Å². The van der Waals surface area contributed by atoms with Crippen molar-refractivity contribution in [2.24, 2.45) is 5.73 Å². The van der Waals surface area contributed by atoms with Crippen LogP contribution in [-0.2, 0) is 14.6 Å². The van der Waals surface area contributed by atoms with Crippen LogP contribution in [-0.4, -0.2) is 24.4 Å². The van der Waals surface area contributed by atoms with Crippen molar-refractivity contribution in [2.75, 3.05) is 5.75 Å². The molecule has 0 aromatic rings. The van der Waals surface area contributed by atoms with E-state index in [0.717, 1.165) is 0 Å². The lowest BCUT2D eigenvalue weighted by Gasteiger charge is -2.18. The third-order valence-corrected chi connectivity index (χ3v) is 1.83. The Morgan fingerprint density at radius 3 is 2.30 bits per heavy atom. The van der Waals surface area contributed by atoms with E-state index in [0.29, 0.717) is 0 Å². The first kappa shape index (κ1) is 10.2. The van der Waals surface area contributed by atoms with Gasteiger partial charge in [-0.25, -0.2) is 4.18 Å². The van der Waals surface area contributed by atoms with E-state index in [4.69, 9.17) is 10.3 Å². The fourth-order valence-corrected chi connectivity index (χ4v) is 0.959. The molecule has 0 heterocycles. The maximum atomic E-state index is 10.0. The minimum Gasteiger partial charge on any atom is -0.302 e. The maximum Gasteiger partial charge on any atom is 0.399 e. The van der Waals surface area contributed by atoms with E-state index in [1.807, 2.05) is 0 Å². The third kappa shape index (κ3) is 5.00. The summed E-state index contributed by atoms with van der Waals surface area (Å²) in [5, 5.41) is 0. The molecule has 5 nitrogen and oxygen atoms in total. The normalized spacial score (nSPS) is 18.4. The number of hydrogen-bond acceptors (Lipinski definition) is 5. The van der Waals surface area contributed by atoms with E-state index in [1.54, 1.807) is 0 Å². The molecule has 0 fully saturated rings. The number of rotatable bonds is 3. The Hall–Kier alpha value is 0.180. The van der Waals surface area contributed by atoms with Gasteiger partial charge in [0.1, 0.15) is 5.72 Å². The molecule has 1 unspecified atom stereocenters.